The van der Waals surface area contributed by atoms with E-state index in [1.165, 1.54) is 0 Å². The Morgan fingerprint density at radius 1 is 0.909 bits per heavy atom. The SMILES string of the molecule is CC(C)OC(=O)c1ccc(C(CCC(C)(C)C)N2C(=O)C(c3ccc(OC(C)C)cc3)=NC23CCC(C(C)(C)C)CC3)cc1. The van der Waals surface area contributed by atoms with E-state index in [2.05, 4.69) is 46.4 Å². The minimum atomic E-state index is -0.598. The fraction of sp³-hybridized carbons (Fsp3) is 0.605. The molecule has 2 aliphatic rings. The number of benzene rings is 2. The van der Waals surface area contributed by atoms with Gasteiger partial charge >= 0.3 is 5.97 Å². The van der Waals surface area contributed by atoms with Crippen LogP contribution in [-0.2, 0) is 9.53 Å². The van der Waals surface area contributed by atoms with Crippen molar-refractivity contribution < 1.29 is 19.1 Å². The van der Waals surface area contributed by atoms with E-state index in [1.807, 2.05) is 76.2 Å². The van der Waals surface area contributed by atoms with Crippen molar-refractivity contribution in [2.45, 2.75) is 132 Å². The van der Waals surface area contributed by atoms with Gasteiger partial charge in [0, 0.05) is 5.56 Å². The van der Waals surface area contributed by atoms with Gasteiger partial charge in [-0.25, -0.2) is 4.79 Å². The second-order valence-corrected chi connectivity index (χ2v) is 15.6. The van der Waals surface area contributed by atoms with E-state index < -0.39 is 5.66 Å². The smallest absolute Gasteiger partial charge is 0.338 e. The zero-order valence-electron chi connectivity index (χ0n) is 28.7. The molecule has 1 heterocycles. The topological polar surface area (TPSA) is 68.2 Å². The lowest BCUT2D eigenvalue weighted by Gasteiger charge is -2.47. The molecule has 4 rings (SSSR count). The van der Waals surface area contributed by atoms with Gasteiger partial charge in [-0.3, -0.25) is 9.79 Å². The normalized spacial score (nSPS) is 21.6. The summed E-state index contributed by atoms with van der Waals surface area (Å²) in [5.41, 5.74) is 2.61. The van der Waals surface area contributed by atoms with Crippen LogP contribution in [-0.4, -0.2) is 40.4 Å². The molecule has 0 bridgehead atoms. The molecule has 1 unspecified atom stereocenters. The molecular weight excluding hydrogens is 548 g/mol. The number of nitrogens with zero attached hydrogens (tertiary/aromatic N) is 2. The summed E-state index contributed by atoms with van der Waals surface area (Å²) in [6, 6.07) is 15.3. The fourth-order valence-electron chi connectivity index (χ4n) is 6.63. The van der Waals surface area contributed by atoms with Crippen LogP contribution < -0.4 is 4.74 Å². The molecular formula is C38H54N2O4. The summed E-state index contributed by atoms with van der Waals surface area (Å²) in [7, 11) is 0. The molecule has 1 spiro atoms. The maximum atomic E-state index is 14.6. The van der Waals surface area contributed by atoms with Crippen molar-refractivity contribution in [2.24, 2.45) is 21.7 Å². The average molecular weight is 603 g/mol. The second kappa shape index (κ2) is 13.1. The van der Waals surface area contributed by atoms with Crippen LogP contribution in [0.2, 0.25) is 0 Å². The van der Waals surface area contributed by atoms with Crippen LogP contribution in [0.3, 0.4) is 0 Å². The number of hydrogen-bond acceptors (Lipinski definition) is 5. The highest BCUT2D eigenvalue weighted by molar-refractivity contribution is 6.46. The molecule has 0 N–H and O–H groups in total. The van der Waals surface area contributed by atoms with Crippen LogP contribution in [0.25, 0.3) is 0 Å². The van der Waals surface area contributed by atoms with E-state index >= 15 is 0 Å². The van der Waals surface area contributed by atoms with E-state index in [9.17, 15) is 9.59 Å². The quantitative estimate of drug-likeness (QED) is 0.268. The minimum absolute atomic E-state index is 0.0149. The summed E-state index contributed by atoms with van der Waals surface area (Å²) in [4.78, 5) is 34.8. The molecule has 240 valence electrons. The lowest BCUT2D eigenvalue weighted by atomic mass is 9.69. The van der Waals surface area contributed by atoms with Gasteiger partial charge < -0.3 is 14.4 Å². The summed E-state index contributed by atoms with van der Waals surface area (Å²) in [6.07, 6.45) is 5.36. The highest BCUT2D eigenvalue weighted by Gasteiger charge is 2.52. The van der Waals surface area contributed by atoms with Crippen molar-refractivity contribution in [3.05, 3.63) is 65.2 Å². The first-order valence-electron chi connectivity index (χ1n) is 16.5. The largest absolute Gasteiger partial charge is 0.491 e. The Labute approximate surface area is 265 Å². The molecule has 2 aromatic carbocycles. The van der Waals surface area contributed by atoms with Crippen molar-refractivity contribution in [2.75, 3.05) is 0 Å². The number of carbonyl (C=O) groups excluding carboxylic acids is 2. The van der Waals surface area contributed by atoms with Gasteiger partial charge in [-0.2, -0.15) is 0 Å². The number of rotatable bonds is 9. The van der Waals surface area contributed by atoms with Crippen molar-refractivity contribution >= 4 is 17.6 Å². The Morgan fingerprint density at radius 3 is 2.00 bits per heavy atom. The van der Waals surface area contributed by atoms with Gasteiger partial charge in [-0.05, 0) is 125 Å². The number of ether oxygens (including phenoxy) is 2. The van der Waals surface area contributed by atoms with Gasteiger partial charge in [0.25, 0.3) is 5.91 Å². The lowest BCUT2D eigenvalue weighted by Crippen LogP contribution is -2.51. The van der Waals surface area contributed by atoms with Crippen LogP contribution in [0.4, 0.5) is 0 Å². The van der Waals surface area contributed by atoms with Gasteiger partial charge in [0.05, 0.1) is 23.8 Å². The summed E-state index contributed by atoms with van der Waals surface area (Å²) in [5, 5.41) is 0. The van der Waals surface area contributed by atoms with Crippen molar-refractivity contribution in [3.8, 4) is 5.75 Å². The Kier molecular flexibility index (Phi) is 10.0. The number of hydrogen-bond donors (Lipinski definition) is 0. The first-order valence-corrected chi connectivity index (χ1v) is 16.5. The van der Waals surface area contributed by atoms with Crippen LogP contribution in [0.5, 0.6) is 5.75 Å². The van der Waals surface area contributed by atoms with Crippen LogP contribution in [0.1, 0.15) is 135 Å². The van der Waals surface area contributed by atoms with Gasteiger partial charge in [0.2, 0.25) is 0 Å². The average Bonchev–Trinajstić information content (AvgIpc) is 3.19. The molecule has 6 nitrogen and oxygen atoms in total. The van der Waals surface area contributed by atoms with Gasteiger partial charge in [0.15, 0.2) is 0 Å². The predicted octanol–water partition coefficient (Wildman–Crippen LogP) is 9.17. The van der Waals surface area contributed by atoms with Crippen molar-refractivity contribution in [3.63, 3.8) is 0 Å². The number of esters is 1. The molecule has 0 aromatic heterocycles. The molecule has 2 aromatic rings. The molecule has 6 heteroatoms. The van der Waals surface area contributed by atoms with Gasteiger partial charge in [0.1, 0.15) is 17.1 Å². The summed E-state index contributed by atoms with van der Waals surface area (Å²) >= 11 is 0. The van der Waals surface area contributed by atoms with E-state index in [0.717, 1.165) is 55.4 Å². The zero-order valence-corrected chi connectivity index (χ0v) is 28.7. The third-order valence-corrected chi connectivity index (χ3v) is 9.05. The van der Waals surface area contributed by atoms with Gasteiger partial charge in [-0.1, -0.05) is 53.7 Å². The molecule has 1 fully saturated rings. The number of aliphatic imine (C=N–C) groups is 1. The third-order valence-electron chi connectivity index (χ3n) is 9.05. The highest BCUT2D eigenvalue weighted by Crippen LogP contribution is 2.50. The summed E-state index contributed by atoms with van der Waals surface area (Å²) in [6.45, 7) is 21.4. The van der Waals surface area contributed by atoms with E-state index in [4.69, 9.17) is 14.5 Å². The lowest BCUT2D eigenvalue weighted by molar-refractivity contribution is -0.134. The Morgan fingerprint density at radius 2 is 1.50 bits per heavy atom. The standard InChI is InChI=1S/C38H54N2O4/c1-25(2)43-31-17-15-28(16-18-31)33-34(41)40(38(39-33)23-19-30(20-24-38)37(8,9)10)32(21-22-36(5,6)7)27-11-13-29(14-12-27)35(42)44-26(3)4/h11-18,25-26,30,32H,19-24H2,1-10H3. The van der Waals surface area contributed by atoms with E-state index in [1.54, 1.807) is 0 Å². The maximum absolute atomic E-state index is 14.6. The molecule has 44 heavy (non-hydrogen) atoms. The van der Waals surface area contributed by atoms with Gasteiger partial charge in [-0.15, -0.1) is 0 Å². The zero-order chi connectivity index (χ0) is 32.4. The summed E-state index contributed by atoms with van der Waals surface area (Å²) in [5.74, 6) is 1.02. The first kappa shape index (κ1) is 33.7. The molecule has 1 saturated carbocycles. The highest BCUT2D eigenvalue weighted by atomic mass is 16.5. The fourth-order valence-corrected chi connectivity index (χ4v) is 6.63. The van der Waals surface area contributed by atoms with Crippen LogP contribution in [0.15, 0.2) is 53.5 Å². The summed E-state index contributed by atoms with van der Waals surface area (Å²) < 4.78 is 11.3. The molecule has 0 saturated heterocycles. The minimum Gasteiger partial charge on any atom is -0.491 e. The molecule has 1 aliphatic carbocycles. The number of carbonyl (C=O) groups is 2. The van der Waals surface area contributed by atoms with E-state index in [-0.39, 0.29) is 41.0 Å². The first-order chi connectivity index (χ1) is 20.5. The third kappa shape index (κ3) is 7.92. The van der Waals surface area contributed by atoms with Crippen molar-refractivity contribution in [1.29, 1.82) is 0 Å². The Hall–Kier alpha value is -3.15. The predicted molar refractivity (Wildman–Crippen MR) is 178 cm³/mol. The Bertz CT molecular complexity index is 1320. The second-order valence-electron chi connectivity index (χ2n) is 15.6. The molecule has 1 aliphatic heterocycles. The van der Waals surface area contributed by atoms with E-state index in [0.29, 0.717) is 17.2 Å². The molecule has 1 amide bonds. The Balaban J connectivity index is 1.76. The van der Waals surface area contributed by atoms with Crippen LogP contribution in [0, 0.1) is 16.7 Å². The number of amides is 1. The monoisotopic (exact) mass is 602 g/mol. The maximum Gasteiger partial charge on any atom is 0.338 e. The molecule has 0 radical (unpaired) electrons. The molecule has 1 atom stereocenters. The van der Waals surface area contributed by atoms with Crippen LogP contribution >= 0.6 is 0 Å². The van der Waals surface area contributed by atoms with Crippen molar-refractivity contribution in [1.82, 2.24) is 4.90 Å².